The predicted molar refractivity (Wildman–Crippen MR) is 64.4 cm³/mol. The number of halogens is 3. The van der Waals surface area contributed by atoms with Crippen molar-refractivity contribution in [1.29, 1.82) is 0 Å². The van der Waals surface area contributed by atoms with Crippen LogP contribution in [0.25, 0.3) is 0 Å². The van der Waals surface area contributed by atoms with Crippen molar-refractivity contribution < 1.29 is 22.4 Å². The summed E-state index contributed by atoms with van der Waals surface area (Å²) in [6, 6.07) is 2.57. The first-order valence-electron chi connectivity index (χ1n) is 5.65. The third-order valence-corrected chi connectivity index (χ3v) is 3.56. The van der Waals surface area contributed by atoms with E-state index in [9.17, 15) is 18.0 Å². The Morgan fingerprint density at radius 3 is 2.89 bits per heavy atom. The summed E-state index contributed by atoms with van der Waals surface area (Å²) in [5.74, 6) is 0.865. The molecule has 106 valence electrons. The highest BCUT2D eigenvalue weighted by atomic mass is 32.2. The van der Waals surface area contributed by atoms with E-state index >= 15 is 0 Å². The third kappa shape index (κ3) is 4.17. The van der Waals surface area contributed by atoms with Crippen LogP contribution >= 0.6 is 11.8 Å². The highest BCUT2D eigenvalue weighted by Crippen LogP contribution is 2.21. The summed E-state index contributed by atoms with van der Waals surface area (Å²) in [5, 5.41) is 2.88. The summed E-state index contributed by atoms with van der Waals surface area (Å²) in [4.78, 5) is 12.8. The smallest absolute Gasteiger partial charge is 0.406 e. The van der Waals surface area contributed by atoms with E-state index in [1.807, 2.05) is 0 Å². The molecule has 2 heterocycles. The van der Waals surface area contributed by atoms with Crippen molar-refractivity contribution in [3.63, 3.8) is 0 Å². The first kappa shape index (κ1) is 14.3. The molecule has 1 aliphatic rings. The lowest BCUT2D eigenvalue weighted by Gasteiger charge is -2.25. The van der Waals surface area contributed by atoms with Crippen molar-refractivity contribution in [2.75, 3.05) is 18.2 Å². The SMILES string of the molecule is O=C(C1CSCN1)N(Cc1ccco1)CC(F)(F)F. The number of nitrogens with one attached hydrogen (secondary N) is 1. The molecule has 1 saturated heterocycles. The summed E-state index contributed by atoms with van der Waals surface area (Å²) in [7, 11) is 0. The van der Waals surface area contributed by atoms with Gasteiger partial charge in [-0.25, -0.2) is 0 Å². The molecule has 1 aliphatic heterocycles. The fourth-order valence-electron chi connectivity index (χ4n) is 1.79. The van der Waals surface area contributed by atoms with Crippen molar-refractivity contribution in [2.24, 2.45) is 0 Å². The number of nitrogens with zero attached hydrogens (tertiary/aromatic N) is 1. The van der Waals surface area contributed by atoms with Gasteiger partial charge in [0.05, 0.1) is 18.8 Å². The van der Waals surface area contributed by atoms with E-state index in [1.54, 1.807) is 12.1 Å². The molecule has 1 atom stereocenters. The number of hydrogen-bond acceptors (Lipinski definition) is 4. The number of hydrogen-bond donors (Lipinski definition) is 1. The number of rotatable bonds is 4. The summed E-state index contributed by atoms with van der Waals surface area (Å²) < 4.78 is 42.6. The molecule has 0 saturated carbocycles. The van der Waals surface area contributed by atoms with Gasteiger partial charge in [-0.1, -0.05) is 0 Å². The molecule has 0 aromatic carbocycles. The second-order valence-electron chi connectivity index (χ2n) is 4.16. The minimum Gasteiger partial charge on any atom is -0.467 e. The minimum absolute atomic E-state index is 0.172. The number of thioether (sulfide) groups is 1. The molecule has 0 spiro atoms. The standard InChI is InChI=1S/C11H13F3N2O2S/c12-11(13,14)6-16(4-8-2-1-3-18-8)10(17)9-5-19-7-15-9/h1-3,9,15H,4-7H2. The first-order valence-corrected chi connectivity index (χ1v) is 6.80. The van der Waals surface area contributed by atoms with Gasteiger partial charge in [-0.15, -0.1) is 11.8 Å². The van der Waals surface area contributed by atoms with Gasteiger partial charge in [-0.2, -0.15) is 13.2 Å². The molecule has 2 rings (SSSR count). The van der Waals surface area contributed by atoms with Gasteiger partial charge in [0.1, 0.15) is 12.3 Å². The van der Waals surface area contributed by atoms with Gasteiger partial charge in [-0.05, 0) is 12.1 Å². The molecule has 1 unspecified atom stereocenters. The second-order valence-corrected chi connectivity index (χ2v) is 5.19. The van der Waals surface area contributed by atoms with Crippen molar-refractivity contribution in [3.05, 3.63) is 24.2 Å². The topological polar surface area (TPSA) is 45.5 Å². The molecule has 19 heavy (non-hydrogen) atoms. The molecule has 1 aromatic rings. The Bertz CT molecular complexity index is 416. The van der Waals surface area contributed by atoms with Crippen LogP contribution in [0.5, 0.6) is 0 Å². The minimum atomic E-state index is -4.42. The lowest BCUT2D eigenvalue weighted by molar-refractivity contribution is -0.163. The average molecular weight is 294 g/mol. The lowest BCUT2D eigenvalue weighted by atomic mass is 10.2. The highest BCUT2D eigenvalue weighted by Gasteiger charge is 2.36. The largest absolute Gasteiger partial charge is 0.467 e. The molecule has 1 N–H and O–H groups in total. The second kappa shape index (κ2) is 5.87. The van der Waals surface area contributed by atoms with Crippen LogP contribution in [0.15, 0.2) is 22.8 Å². The van der Waals surface area contributed by atoms with Crippen LogP contribution in [0.1, 0.15) is 5.76 Å². The summed E-state index contributed by atoms with van der Waals surface area (Å²) >= 11 is 1.49. The maximum Gasteiger partial charge on any atom is 0.406 e. The van der Waals surface area contributed by atoms with Crippen molar-refractivity contribution in [2.45, 2.75) is 18.8 Å². The summed E-state index contributed by atoms with van der Waals surface area (Å²) in [5.41, 5.74) is 0. The quantitative estimate of drug-likeness (QED) is 0.920. The van der Waals surface area contributed by atoms with E-state index < -0.39 is 24.7 Å². The Morgan fingerprint density at radius 2 is 2.37 bits per heavy atom. The Labute approximate surface area is 112 Å². The Morgan fingerprint density at radius 1 is 1.58 bits per heavy atom. The number of amides is 1. The van der Waals surface area contributed by atoms with E-state index in [-0.39, 0.29) is 6.54 Å². The van der Waals surface area contributed by atoms with Gasteiger partial charge in [0.15, 0.2) is 0 Å². The zero-order valence-corrected chi connectivity index (χ0v) is 10.8. The van der Waals surface area contributed by atoms with E-state index in [0.717, 1.165) is 4.90 Å². The van der Waals surface area contributed by atoms with Crippen LogP contribution in [-0.2, 0) is 11.3 Å². The molecule has 1 fully saturated rings. The molecule has 8 heteroatoms. The van der Waals surface area contributed by atoms with Crippen molar-refractivity contribution >= 4 is 17.7 Å². The highest BCUT2D eigenvalue weighted by molar-refractivity contribution is 7.99. The average Bonchev–Trinajstić information content (AvgIpc) is 2.98. The van der Waals surface area contributed by atoms with E-state index in [1.165, 1.54) is 18.0 Å². The molecule has 1 amide bonds. The molecule has 4 nitrogen and oxygen atoms in total. The van der Waals surface area contributed by atoms with Crippen molar-refractivity contribution in [1.82, 2.24) is 10.2 Å². The predicted octanol–water partition coefficient (Wildman–Crippen LogP) is 1.83. The monoisotopic (exact) mass is 294 g/mol. The van der Waals surface area contributed by atoms with Gasteiger partial charge in [0.25, 0.3) is 0 Å². The molecule has 0 aliphatic carbocycles. The van der Waals surface area contributed by atoms with Crippen LogP contribution in [0.2, 0.25) is 0 Å². The fraction of sp³-hybridized carbons (Fsp3) is 0.545. The Kier molecular flexibility index (Phi) is 4.41. The first-order chi connectivity index (χ1) is 8.96. The maximum atomic E-state index is 12.5. The number of furan rings is 1. The van der Waals surface area contributed by atoms with Gasteiger partial charge in [-0.3, -0.25) is 10.1 Å². The molecular weight excluding hydrogens is 281 g/mol. The van der Waals surface area contributed by atoms with Gasteiger partial charge in [0, 0.05) is 11.6 Å². The van der Waals surface area contributed by atoms with Crippen LogP contribution < -0.4 is 5.32 Å². The van der Waals surface area contributed by atoms with Gasteiger partial charge >= 0.3 is 6.18 Å². The van der Waals surface area contributed by atoms with E-state index in [2.05, 4.69) is 5.32 Å². The molecular formula is C11H13F3N2O2S. The van der Waals surface area contributed by atoms with E-state index in [4.69, 9.17) is 4.42 Å². The van der Waals surface area contributed by atoms with Crippen LogP contribution in [0, 0.1) is 0 Å². The zero-order chi connectivity index (χ0) is 13.9. The number of alkyl halides is 3. The Hall–Kier alpha value is -1.15. The summed E-state index contributed by atoms with van der Waals surface area (Å²) in [6.07, 6.45) is -3.05. The van der Waals surface area contributed by atoms with Crippen molar-refractivity contribution in [3.8, 4) is 0 Å². The third-order valence-electron chi connectivity index (χ3n) is 2.62. The molecule has 1 aromatic heterocycles. The van der Waals surface area contributed by atoms with Crippen LogP contribution in [-0.4, -0.2) is 41.2 Å². The normalized spacial score (nSPS) is 19.6. The van der Waals surface area contributed by atoms with Crippen LogP contribution in [0.4, 0.5) is 13.2 Å². The Balaban J connectivity index is 2.06. The maximum absolute atomic E-state index is 12.5. The lowest BCUT2D eigenvalue weighted by Crippen LogP contribution is -2.47. The fourth-order valence-corrected chi connectivity index (χ4v) is 2.73. The van der Waals surface area contributed by atoms with Gasteiger partial charge in [0.2, 0.25) is 5.91 Å². The van der Waals surface area contributed by atoms with Gasteiger partial charge < -0.3 is 9.32 Å². The zero-order valence-electron chi connectivity index (χ0n) is 9.94. The molecule has 0 bridgehead atoms. The number of carbonyl (C=O) groups is 1. The summed E-state index contributed by atoms with van der Waals surface area (Å²) in [6.45, 7) is -1.44. The van der Waals surface area contributed by atoms with E-state index in [0.29, 0.717) is 17.4 Å². The van der Waals surface area contributed by atoms with Crippen LogP contribution in [0.3, 0.4) is 0 Å². The molecule has 0 radical (unpaired) electrons. The number of carbonyl (C=O) groups excluding carboxylic acids is 1.